The smallest absolute Gasteiger partial charge is 0.408 e. The van der Waals surface area contributed by atoms with Gasteiger partial charge in [0, 0.05) is 37.5 Å². The van der Waals surface area contributed by atoms with Crippen molar-refractivity contribution < 1.29 is 23.9 Å². The second kappa shape index (κ2) is 11.5. The van der Waals surface area contributed by atoms with E-state index in [9.17, 15) is 14.4 Å². The highest BCUT2D eigenvalue weighted by atomic mass is 16.6. The summed E-state index contributed by atoms with van der Waals surface area (Å²) < 4.78 is 9.90. The molecule has 2 aromatic carbocycles. The van der Waals surface area contributed by atoms with Crippen molar-refractivity contribution in [2.45, 2.75) is 25.5 Å². The van der Waals surface area contributed by atoms with Gasteiger partial charge >= 0.3 is 12.1 Å². The molecule has 1 unspecified atom stereocenters. The van der Waals surface area contributed by atoms with Crippen LogP contribution >= 0.6 is 0 Å². The zero-order chi connectivity index (χ0) is 21.9. The first-order chi connectivity index (χ1) is 14.5. The number of carbonyl (C=O) groups is 3. The molecule has 0 radical (unpaired) electrons. The lowest BCUT2D eigenvalue weighted by Crippen LogP contribution is -2.42. The van der Waals surface area contributed by atoms with E-state index in [0.717, 1.165) is 11.3 Å². The molecule has 0 fully saturated rings. The molecule has 0 bridgehead atoms. The fourth-order valence-corrected chi connectivity index (χ4v) is 2.86. The van der Waals surface area contributed by atoms with Gasteiger partial charge in [-0.1, -0.05) is 30.3 Å². The van der Waals surface area contributed by atoms with Gasteiger partial charge in [0.1, 0.15) is 12.6 Å². The highest BCUT2D eigenvalue weighted by Crippen LogP contribution is 2.22. The van der Waals surface area contributed by atoms with Crippen molar-refractivity contribution in [3.63, 3.8) is 0 Å². The first-order valence-corrected chi connectivity index (χ1v) is 9.56. The first kappa shape index (κ1) is 22.7. The van der Waals surface area contributed by atoms with Crippen LogP contribution in [0.5, 0.6) is 0 Å². The Morgan fingerprint density at radius 1 is 1.00 bits per heavy atom. The fourth-order valence-electron chi connectivity index (χ4n) is 2.86. The van der Waals surface area contributed by atoms with E-state index in [1.54, 1.807) is 26.2 Å². The van der Waals surface area contributed by atoms with Crippen molar-refractivity contribution >= 4 is 29.2 Å². The number of amides is 1. The van der Waals surface area contributed by atoms with Crippen LogP contribution in [0.4, 0.5) is 16.2 Å². The number of ether oxygens (including phenoxy) is 2. The monoisotopic (exact) mass is 413 g/mol. The number of carbonyl (C=O) groups excluding carboxylic acids is 3. The van der Waals surface area contributed by atoms with Crippen LogP contribution in [0.1, 0.15) is 28.8 Å². The average Bonchev–Trinajstić information content (AvgIpc) is 2.79. The number of alkyl carbamates (subject to hydrolysis) is 1. The van der Waals surface area contributed by atoms with Crippen LogP contribution in [0, 0.1) is 0 Å². The molecule has 0 aliphatic rings. The first-order valence-electron chi connectivity index (χ1n) is 9.56. The van der Waals surface area contributed by atoms with Crippen molar-refractivity contribution in [2.75, 3.05) is 31.8 Å². The van der Waals surface area contributed by atoms with Gasteiger partial charge in [0.25, 0.3) is 0 Å². The van der Waals surface area contributed by atoms with Gasteiger partial charge < -0.3 is 25.4 Å². The molecule has 1 atom stereocenters. The topological polar surface area (TPSA) is 106 Å². The van der Waals surface area contributed by atoms with Gasteiger partial charge in [0.15, 0.2) is 5.78 Å². The molecule has 1 amide bonds. The van der Waals surface area contributed by atoms with Crippen molar-refractivity contribution in [1.82, 2.24) is 5.32 Å². The van der Waals surface area contributed by atoms with Gasteiger partial charge in [-0.3, -0.25) is 4.79 Å². The summed E-state index contributed by atoms with van der Waals surface area (Å²) in [6.07, 6.45) is -0.620. The van der Waals surface area contributed by atoms with Crippen molar-refractivity contribution in [2.24, 2.45) is 0 Å². The third-order valence-electron chi connectivity index (χ3n) is 4.53. The molecule has 30 heavy (non-hydrogen) atoms. The van der Waals surface area contributed by atoms with Gasteiger partial charge in [-0.2, -0.15) is 0 Å². The summed E-state index contributed by atoms with van der Waals surface area (Å²) in [5.74, 6) is -0.797. The molecule has 8 nitrogen and oxygen atoms in total. The Kier molecular flexibility index (Phi) is 8.68. The number of hydrogen-bond donors (Lipinski definition) is 3. The number of esters is 1. The number of rotatable bonds is 10. The van der Waals surface area contributed by atoms with Crippen LogP contribution in [0.3, 0.4) is 0 Å². The molecule has 3 N–H and O–H groups in total. The van der Waals surface area contributed by atoms with Crippen LogP contribution in [0.25, 0.3) is 0 Å². The molecule has 0 aromatic heterocycles. The summed E-state index contributed by atoms with van der Waals surface area (Å²) in [5, 5.41) is 8.49. The zero-order valence-electron chi connectivity index (χ0n) is 17.4. The van der Waals surface area contributed by atoms with Gasteiger partial charge in [-0.25, -0.2) is 9.59 Å². The Bertz CT molecular complexity index is 870. The predicted octanol–water partition coefficient (Wildman–Crippen LogP) is 3.20. The maximum Gasteiger partial charge on any atom is 0.408 e. The van der Waals surface area contributed by atoms with Crippen molar-refractivity contribution in [3.05, 3.63) is 59.7 Å². The van der Waals surface area contributed by atoms with Gasteiger partial charge in [0.2, 0.25) is 0 Å². The number of anilines is 2. The quantitative estimate of drug-likeness (QED) is 0.406. The number of ketones is 1. The number of methoxy groups -OCH3 is 1. The number of benzene rings is 2. The third-order valence-corrected chi connectivity index (χ3v) is 4.53. The van der Waals surface area contributed by atoms with Gasteiger partial charge in [-0.15, -0.1) is 0 Å². The van der Waals surface area contributed by atoms with E-state index in [4.69, 9.17) is 9.47 Å². The molecule has 0 heterocycles. The number of hydrogen-bond acceptors (Lipinski definition) is 7. The molecule has 0 saturated heterocycles. The maximum atomic E-state index is 12.7. The highest BCUT2D eigenvalue weighted by molar-refractivity contribution is 6.02. The van der Waals surface area contributed by atoms with Crippen LogP contribution < -0.4 is 16.0 Å². The second-order valence-corrected chi connectivity index (χ2v) is 6.50. The largest absolute Gasteiger partial charge is 0.467 e. The van der Waals surface area contributed by atoms with E-state index in [-0.39, 0.29) is 25.2 Å². The number of nitrogens with one attached hydrogen (secondary N) is 3. The fraction of sp³-hybridized carbons (Fsp3) is 0.318. The summed E-state index contributed by atoms with van der Waals surface area (Å²) in [4.78, 5) is 36.8. The minimum atomic E-state index is -0.989. The van der Waals surface area contributed by atoms with E-state index in [0.29, 0.717) is 11.3 Å². The Balaban J connectivity index is 1.96. The van der Waals surface area contributed by atoms with Crippen molar-refractivity contribution in [3.8, 4) is 0 Å². The van der Waals surface area contributed by atoms with Crippen LogP contribution in [-0.4, -0.2) is 45.1 Å². The van der Waals surface area contributed by atoms with E-state index < -0.39 is 18.1 Å². The van der Waals surface area contributed by atoms with Crippen LogP contribution in [0.2, 0.25) is 0 Å². The van der Waals surface area contributed by atoms with Crippen molar-refractivity contribution in [1.29, 1.82) is 0 Å². The minimum Gasteiger partial charge on any atom is -0.467 e. The van der Waals surface area contributed by atoms with Crippen LogP contribution in [-0.2, 0) is 20.9 Å². The molecule has 0 aliphatic heterocycles. The lowest BCUT2D eigenvalue weighted by atomic mass is 10.0. The number of Topliss-reactive ketones (excluding diaryl/α,β-unsaturated/α-hetero) is 1. The van der Waals surface area contributed by atoms with Gasteiger partial charge in [-0.05, 0) is 30.2 Å². The Hall–Kier alpha value is -3.55. The third kappa shape index (κ3) is 6.51. The van der Waals surface area contributed by atoms with Crippen LogP contribution in [0.15, 0.2) is 48.5 Å². The average molecular weight is 413 g/mol. The molecular weight excluding hydrogens is 386 g/mol. The summed E-state index contributed by atoms with van der Waals surface area (Å²) in [6, 6.07) is 13.5. The predicted molar refractivity (Wildman–Crippen MR) is 115 cm³/mol. The normalized spacial score (nSPS) is 11.2. The molecule has 2 aromatic rings. The molecule has 0 aliphatic carbocycles. The minimum absolute atomic E-state index is 0.0479. The second-order valence-electron chi connectivity index (χ2n) is 6.50. The Labute approximate surface area is 175 Å². The molecule has 0 spiro atoms. The molecular formula is C22H27N3O5. The summed E-state index contributed by atoms with van der Waals surface area (Å²) in [6.45, 7) is 0.0723. The SMILES string of the molecule is CNc1ccc(C(=O)CCC(NC(=O)OCc2ccccc2)C(=O)OC)c(NC)c1. The molecule has 0 saturated carbocycles. The summed E-state index contributed by atoms with van der Waals surface area (Å²) in [5.41, 5.74) is 2.87. The molecule has 160 valence electrons. The highest BCUT2D eigenvalue weighted by Gasteiger charge is 2.24. The molecule has 8 heteroatoms. The van der Waals surface area contributed by atoms with E-state index in [1.807, 2.05) is 36.4 Å². The summed E-state index contributed by atoms with van der Waals surface area (Å²) in [7, 11) is 4.75. The zero-order valence-corrected chi connectivity index (χ0v) is 17.4. The lowest BCUT2D eigenvalue weighted by molar-refractivity contribution is -0.143. The summed E-state index contributed by atoms with van der Waals surface area (Å²) >= 11 is 0. The standard InChI is InChI=1S/C22H27N3O5/c1-23-16-9-10-17(19(13-16)24-2)20(26)12-11-18(21(27)29-3)25-22(28)30-14-15-7-5-4-6-8-15/h4-10,13,18,23-24H,11-12,14H2,1-3H3,(H,25,28). The van der Waals surface area contributed by atoms with E-state index in [2.05, 4.69) is 16.0 Å². The van der Waals surface area contributed by atoms with Gasteiger partial charge in [0.05, 0.1) is 7.11 Å². The Morgan fingerprint density at radius 2 is 1.73 bits per heavy atom. The Morgan fingerprint density at radius 3 is 2.37 bits per heavy atom. The maximum absolute atomic E-state index is 12.7. The lowest BCUT2D eigenvalue weighted by Gasteiger charge is -2.17. The van der Waals surface area contributed by atoms with E-state index >= 15 is 0 Å². The molecule has 2 rings (SSSR count). The van der Waals surface area contributed by atoms with E-state index in [1.165, 1.54) is 7.11 Å².